The normalized spacial score (nSPS) is 41.1. The van der Waals surface area contributed by atoms with Crippen molar-refractivity contribution in [1.82, 2.24) is 0 Å². The molecule has 1 N–H and O–H groups in total. The Morgan fingerprint density at radius 1 is 0.870 bits per heavy atom. The molecule has 4 fully saturated rings. The van der Waals surface area contributed by atoms with Gasteiger partial charge in [0.2, 0.25) is 0 Å². The first-order valence-corrected chi connectivity index (χ1v) is 9.87. The maximum absolute atomic E-state index is 10.7. The highest BCUT2D eigenvalue weighted by Crippen LogP contribution is 2.62. The quantitative estimate of drug-likeness (QED) is 0.746. The van der Waals surface area contributed by atoms with Crippen LogP contribution in [0.2, 0.25) is 0 Å². The van der Waals surface area contributed by atoms with E-state index in [1.165, 1.54) is 69.8 Å². The van der Waals surface area contributed by atoms with E-state index in [-0.39, 0.29) is 0 Å². The van der Waals surface area contributed by atoms with Gasteiger partial charge in [-0.2, -0.15) is 0 Å². The number of phenols is 1. The fourth-order valence-electron chi connectivity index (χ4n) is 7.19. The molecule has 5 rings (SSSR count). The number of aromatic hydroxyl groups is 1. The molecule has 1 aromatic carbocycles. The summed E-state index contributed by atoms with van der Waals surface area (Å²) in [5, 5.41) is 10.7. The molecule has 0 spiro atoms. The molecule has 0 amide bonds. The number of benzene rings is 1. The van der Waals surface area contributed by atoms with Crippen LogP contribution in [-0.2, 0) is 10.8 Å². The highest BCUT2D eigenvalue weighted by atomic mass is 16.3. The molecule has 0 aromatic heterocycles. The van der Waals surface area contributed by atoms with Crippen molar-refractivity contribution in [1.29, 1.82) is 0 Å². The Morgan fingerprint density at radius 3 is 1.87 bits per heavy atom. The summed E-state index contributed by atoms with van der Waals surface area (Å²) in [5.74, 6) is 2.52. The standard InChI is InChI=1S/C22H30O/c1-14-11-18(21-7-3-16(12-21)4-8-21)19(15(2)20(14)23)22-9-5-17(13-22)6-10-22/h11,16-17,23H,3-10,12-13H2,1-2H3. The predicted octanol–water partition coefficient (Wildman–Crippen LogP) is 5.67. The molecule has 0 radical (unpaired) electrons. The number of rotatable bonds is 2. The third-order valence-electron chi connectivity index (χ3n) is 8.32. The van der Waals surface area contributed by atoms with Crippen molar-refractivity contribution in [2.75, 3.05) is 0 Å². The SMILES string of the molecule is Cc1cc(C23CCC(CC2)C3)c(C23CCC(CC2)C3)c(C)c1O. The Labute approximate surface area is 140 Å². The van der Waals surface area contributed by atoms with Gasteiger partial charge in [0.25, 0.3) is 0 Å². The van der Waals surface area contributed by atoms with Crippen LogP contribution < -0.4 is 0 Å². The zero-order valence-electron chi connectivity index (χ0n) is 14.8. The summed E-state index contributed by atoms with van der Waals surface area (Å²) in [6, 6.07) is 2.41. The first-order valence-electron chi connectivity index (χ1n) is 9.87. The Morgan fingerprint density at radius 2 is 1.39 bits per heavy atom. The van der Waals surface area contributed by atoms with E-state index in [4.69, 9.17) is 0 Å². The van der Waals surface area contributed by atoms with Gasteiger partial charge in [-0.3, -0.25) is 0 Å². The van der Waals surface area contributed by atoms with Crippen molar-refractivity contribution in [3.63, 3.8) is 0 Å². The molecule has 23 heavy (non-hydrogen) atoms. The van der Waals surface area contributed by atoms with Gasteiger partial charge in [0.1, 0.15) is 5.75 Å². The largest absolute Gasteiger partial charge is 0.507 e. The van der Waals surface area contributed by atoms with E-state index in [1.54, 1.807) is 11.1 Å². The van der Waals surface area contributed by atoms with Crippen molar-refractivity contribution in [2.45, 2.75) is 88.9 Å². The molecule has 0 unspecified atom stereocenters. The van der Waals surface area contributed by atoms with E-state index in [0.29, 0.717) is 16.6 Å². The van der Waals surface area contributed by atoms with Gasteiger partial charge in [-0.1, -0.05) is 6.07 Å². The smallest absolute Gasteiger partial charge is 0.121 e. The number of aryl methyl sites for hydroxylation is 1. The van der Waals surface area contributed by atoms with E-state index < -0.39 is 0 Å². The van der Waals surface area contributed by atoms with Crippen LogP contribution in [0.3, 0.4) is 0 Å². The minimum absolute atomic E-state index is 0.407. The minimum atomic E-state index is 0.407. The van der Waals surface area contributed by atoms with Gasteiger partial charge in [-0.15, -0.1) is 0 Å². The van der Waals surface area contributed by atoms with E-state index in [9.17, 15) is 5.11 Å². The lowest BCUT2D eigenvalue weighted by molar-refractivity contribution is 0.376. The molecule has 124 valence electrons. The minimum Gasteiger partial charge on any atom is -0.507 e. The van der Waals surface area contributed by atoms with Crippen molar-refractivity contribution in [2.24, 2.45) is 11.8 Å². The summed E-state index contributed by atoms with van der Waals surface area (Å²) >= 11 is 0. The molecule has 4 bridgehead atoms. The summed E-state index contributed by atoms with van der Waals surface area (Å²) < 4.78 is 0. The summed E-state index contributed by atoms with van der Waals surface area (Å²) in [4.78, 5) is 0. The molecule has 0 saturated heterocycles. The third kappa shape index (κ3) is 1.80. The average molecular weight is 310 g/mol. The molecule has 1 heteroatoms. The first-order chi connectivity index (χ1) is 11.0. The van der Waals surface area contributed by atoms with Crippen LogP contribution in [0.25, 0.3) is 0 Å². The number of hydrogen-bond donors (Lipinski definition) is 1. The van der Waals surface area contributed by atoms with Crippen LogP contribution in [0.1, 0.15) is 86.5 Å². The van der Waals surface area contributed by atoms with Crippen LogP contribution in [0, 0.1) is 25.7 Å². The number of phenolic OH excluding ortho intramolecular Hbond substituents is 1. The molecule has 4 aliphatic rings. The molecule has 4 saturated carbocycles. The van der Waals surface area contributed by atoms with E-state index >= 15 is 0 Å². The lowest BCUT2D eigenvalue weighted by Gasteiger charge is -2.38. The second kappa shape index (κ2) is 4.55. The summed E-state index contributed by atoms with van der Waals surface area (Å²) in [6.07, 6.45) is 14.1. The lowest BCUT2D eigenvalue weighted by Crippen LogP contribution is -2.30. The predicted molar refractivity (Wildman–Crippen MR) is 94.1 cm³/mol. The van der Waals surface area contributed by atoms with Gasteiger partial charge in [0.05, 0.1) is 0 Å². The number of fused-ring (bicyclic) bond motifs is 4. The third-order valence-corrected chi connectivity index (χ3v) is 8.32. The van der Waals surface area contributed by atoms with Crippen LogP contribution in [0.5, 0.6) is 5.75 Å². The van der Waals surface area contributed by atoms with Crippen LogP contribution >= 0.6 is 0 Å². The Bertz CT molecular complexity index is 655. The molecule has 0 atom stereocenters. The number of hydrogen-bond acceptors (Lipinski definition) is 1. The van der Waals surface area contributed by atoms with Crippen LogP contribution in [-0.4, -0.2) is 5.11 Å². The Balaban J connectivity index is 1.74. The van der Waals surface area contributed by atoms with Crippen molar-refractivity contribution in [3.05, 3.63) is 28.3 Å². The average Bonchev–Trinajstić information content (AvgIpc) is 3.31. The van der Waals surface area contributed by atoms with E-state index in [0.717, 1.165) is 17.4 Å². The molecule has 0 aliphatic heterocycles. The molecular formula is C22H30O. The fraction of sp³-hybridized carbons (Fsp3) is 0.727. The zero-order valence-corrected chi connectivity index (χ0v) is 14.8. The Kier molecular flexibility index (Phi) is 2.84. The van der Waals surface area contributed by atoms with E-state index in [1.807, 2.05) is 0 Å². The highest BCUT2D eigenvalue weighted by Gasteiger charge is 2.53. The lowest BCUT2D eigenvalue weighted by atomic mass is 9.66. The van der Waals surface area contributed by atoms with Gasteiger partial charge < -0.3 is 5.11 Å². The van der Waals surface area contributed by atoms with Crippen molar-refractivity contribution >= 4 is 0 Å². The fourth-order valence-corrected chi connectivity index (χ4v) is 7.19. The summed E-state index contributed by atoms with van der Waals surface area (Å²) in [6.45, 7) is 4.32. The molecular weight excluding hydrogens is 280 g/mol. The molecule has 0 heterocycles. The zero-order chi connectivity index (χ0) is 15.8. The maximum Gasteiger partial charge on any atom is 0.121 e. The topological polar surface area (TPSA) is 20.2 Å². The van der Waals surface area contributed by atoms with Crippen LogP contribution in [0.4, 0.5) is 0 Å². The van der Waals surface area contributed by atoms with E-state index in [2.05, 4.69) is 19.9 Å². The maximum atomic E-state index is 10.7. The molecule has 4 aliphatic carbocycles. The first kappa shape index (κ1) is 14.4. The second-order valence-electron chi connectivity index (χ2n) is 9.45. The molecule has 1 nitrogen and oxygen atoms in total. The van der Waals surface area contributed by atoms with Crippen molar-refractivity contribution in [3.8, 4) is 5.75 Å². The van der Waals surface area contributed by atoms with Gasteiger partial charge in [-0.25, -0.2) is 0 Å². The summed E-state index contributed by atoms with van der Waals surface area (Å²) in [5.41, 5.74) is 6.49. The van der Waals surface area contributed by atoms with Gasteiger partial charge >= 0.3 is 0 Å². The van der Waals surface area contributed by atoms with Gasteiger partial charge in [0, 0.05) is 0 Å². The molecule has 1 aromatic rings. The van der Waals surface area contributed by atoms with Crippen LogP contribution in [0.15, 0.2) is 6.07 Å². The van der Waals surface area contributed by atoms with Crippen molar-refractivity contribution < 1.29 is 5.11 Å². The highest BCUT2D eigenvalue weighted by molar-refractivity contribution is 5.56. The van der Waals surface area contributed by atoms with Gasteiger partial charge in [0.15, 0.2) is 0 Å². The monoisotopic (exact) mass is 310 g/mol. The second-order valence-corrected chi connectivity index (χ2v) is 9.45. The Hall–Kier alpha value is -0.980. The van der Waals surface area contributed by atoms with Gasteiger partial charge in [-0.05, 0) is 123 Å². The summed E-state index contributed by atoms with van der Waals surface area (Å²) in [7, 11) is 0.